The molecule has 1 amide bonds. The Labute approximate surface area is 142 Å². The van der Waals surface area contributed by atoms with E-state index in [1.54, 1.807) is 12.1 Å². The molecular weight excluding hydrogens is 314 g/mol. The van der Waals surface area contributed by atoms with Crippen LogP contribution in [-0.4, -0.2) is 41.2 Å². The molecule has 1 saturated carbocycles. The summed E-state index contributed by atoms with van der Waals surface area (Å²) in [6.45, 7) is 1.59. The molecule has 0 aromatic heterocycles. The summed E-state index contributed by atoms with van der Waals surface area (Å²) in [7, 11) is 0. The van der Waals surface area contributed by atoms with Crippen LogP contribution in [-0.2, 0) is 4.79 Å². The zero-order valence-electron chi connectivity index (χ0n) is 13.3. The van der Waals surface area contributed by atoms with Gasteiger partial charge in [-0.25, -0.2) is 0 Å². The highest BCUT2D eigenvalue weighted by Gasteiger charge is 2.34. The zero-order valence-corrected chi connectivity index (χ0v) is 14.1. The lowest BCUT2D eigenvalue weighted by Gasteiger charge is -2.27. The number of ether oxygens (including phenoxy) is 1. The van der Waals surface area contributed by atoms with Crippen molar-refractivity contribution in [3.05, 3.63) is 29.3 Å². The van der Waals surface area contributed by atoms with Crippen molar-refractivity contribution in [1.82, 2.24) is 4.90 Å². The van der Waals surface area contributed by atoms with Crippen LogP contribution in [0.5, 0.6) is 5.75 Å². The SMILES string of the molecule is O=C(CC1CC1)N1CCCC(O)(COc2cccc(Cl)c2)CC1. The Kier molecular flexibility index (Phi) is 5.12. The van der Waals surface area contributed by atoms with E-state index in [1.165, 1.54) is 12.8 Å². The fraction of sp³-hybridized carbons (Fsp3) is 0.611. The molecule has 126 valence electrons. The summed E-state index contributed by atoms with van der Waals surface area (Å²) in [5.74, 6) is 1.51. The van der Waals surface area contributed by atoms with Crippen LogP contribution in [0, 0.1) is 5.92 Å². The monoisotopic (exact) mass is 337 g/mol. The predicted molar refractivity (Wildman–Crippen MR) is 89.7 cm³/mol. The van der Waals surface area contributed by atoms with E-state index in [-0.39, 0.29) is 12.5 Å². The maximum Gasteiger partial charge on any atom is 0.222 e. The number of rotatable bonds is 5. The number of nitrogens with zero attached hydrogens (tertiary/aromatic N) is 1. The molecule has 1 aromatic carbocycles. The summed E-state index contributed by atoms with van der Waals surface area (Å²) < 4.78 is 5.72. The average molecular weight is 338 g/mol. The highest BCUT2D eigenvalue weighted by molar-refractivity contribution is 6.30. The molecule has 1 aromatic rings. The molecule has 23 heavy (non-hydrogen) atoms. The van der Waals surface area contributed by atoms with Crippen molar-refractivity contribution < 1.29 is 14.6 Å². The van der Waals surface area contributed by atoms with E-state index in [9.17, 15) is 9.90 Å². The molecule has 1 unspecified atom stereocenters. The molecular formula is C18H24ClNO3. The number of benzene rings is 1. The molecule has 1 N–H and O–H groups in total. The third kappa shape index (κ3) is 4.85. The van der Waals surface area contributed by atoms with Gasteiger partial charge in [0.25, 0.3) is 0 Å². The number of hydrogen-bond acceptors (Lipinski definition) is 3. The van der Waals surface area contributed by atoms with Gasteiger partial charge < -0.3 is 14.7 Å². The summed E-state index contributed by atoms with van der Waals surface area (Å²) in [4.78, 5) is 14.1. The van der Waals surface area contributed by atoms with Crippen LogP contribution in [0.4, 0.5) is 0 Å². The lowest BCUT2D eigenvalue weighted by Crippen LogP contribution is -2.38. The van der Waals surface area contributed by atoms with Crippen molar-refractivity contribution in [1.29, 1.82) is 0 Å². The van der Waals surface area contributed by atoms with Crippen LogP contribution in [0.25, 0.3) is 0 Å². The van der Waals surface area contributed by atoms with E-state index in [0.717, 1.165) is 13.0 Å². The molecule has 1 atom stereocenters. The fourth-order valence-corrected chi connectivity index (χ4v) is 3.23. The maximum absolute atomic E-state index is 12.2. The van der Waals surface area contributed by atoms with Crippen molar-refractivity contribution in [3.8, 4) is 5.75 Å². The summed E-state index contributed by atoms with van der Waals surface area (Å²) in [6, 6.07) is 7.19. The molecule has 1 saturated heterocycles. The smallest absolute Gasteiger partial charge is 0.222 e. The Morgan fingerprint density at radius 3 is 2.91 bits per heavy atom. The fourth-order valence-electron chi connectivity index (χ4n) is 3.05. The standard InChI is InChI=1S/C18H24ClNO3/c19-15-3-1-4-16(12-15)23-13-18(22)7-2-9-20(10-8-18)17(21)11-14-5-6-14/h1,3-4,12,14,22H,2,5-11,13H2. The van der Waals surface area contributed by atoms with Gasteiger partial charge in [-0.2, -0.15) is 0 Å². The first kappa shape index (κ1) is 16.6. The first-order valence-corrected chi connectivity index (χ1v) is 8.80. The topological polar surface area (TPSA) is 49.8 Å². The molecule has 1 heterocycles. The van der Waals surface area contributed by atoms with Crippen LogP contribution in [0.1, 0.15) is 38.5 Å². The van der Waals surface area contributed by atoms with E-state index >= 15 is 0 Å². The quantitative estimate of drug-likeness (QED) is 0.897. The molecule has 2 aliphatic rings. The molecule has 5 heteroatoms. The van der Waals surface area contributed by atoms with Crippen LogP contribution < -0.4 is 4.74 Å². The minimum absolute atomic E-state index is 0.234. The number of aliphatic hydroxyl groups is 1. The van der Waals surface area contributed by atoms with Gasteiger partial charge in [-0.3, -0.25) is 4.79 Å². The van der Waals surface area contributed by atoms with E-state index in [4.69, 9.17) is 16.3 Å². The first-order chi connectivity index (χ1) is 11.0. The molecule has 0 bridgehead atoms. The number of halogens is 1. The number of amides is 1. The second kappa shape index (κ2) is 7.10. The van der Waals surface area contributed by atoms with Crippen molar-refractivity contribution >= 4 is 17.5 Å². The van der Waals surface area contributed by atoms with Crippen LogP contribution in [0.15, 0.2) is 24.3 Å². The molecule has 3 rings (SSSR count). The Balaban J connectivity index is 1.52. The second-order valence-corrected chi connectivity index (χ2v) is 7.29. The minimum atomic E-state index is -0.878. The van der Waals surface area contributed by atoms with Crippen molar-refractivity contribution in [2.75, 3.05) is 19.7 Å². The summed E-state index contributed by atoms with van der Waals surface area (Å²) in [6.07, 6.45) is 5.09. The number of carbonyl (C=O) groups is 1. The molecule has 1 aliphatic heterocycles. The van der Waals surface area contributed by atoms with E-state index in [2.05, 4.69) is 0 Å². The predicted octanol–water partition coefficient (Wildman–Crippen LogP) is 3.26. The highest BCUT2D eigenvalue weighted by atomic mass is 35.5. The van der Waals surface area contributed by atoms with Gasteiger partial charge in [0.2, 0.25) is 5.91 Å². The molecule has 0 spiro atoms. The van der Waals surface area contributed by atoms with Crippen LogP contribution >= 0.6 is 11.6 Å². The van der Waals surface area contributed by atoms with Gasteiger partial charge in [0.05, 0.1) is 0 Å². The van der Waals surface area contributed by atoms with Crippen molar-refractivity contribution in [3.63, 3.8) is 0 Å². The zero-order chi connectivity index (χ0) is 16.3. The van der Waals surface area contributed by atoms with Crippen molar-refractivity contribution in [2.24, 2.45) is 5.92 Å². The number of likely N-dealkylation sites (tertiary alicyclic amines) is 1. The van der Waals surface area contributed by atoms with Gasteiger partial charge in [0, 0.05) is 24.5 Å². The Morgan fingerprint density at radius 2 is 2.17 bits per heavy atom. The second-order valence-electron chi connectivity index (χ2n) is 6.85. The summed E-state index contributed by atoms with van der Waals surface area (Å²) in [5, 5.41) is 11.4. The van der Waals surface area contributed by atoms with Gasteiger partial charge in [0.1, 0.15) is 18.0 Å². The lowest BCUT2D eigenvalue weighted by atomic mass is 9.96. The highest BCUT2D eigenvalue weighted by Crippen LogP contribution is 2.33. The van der Waals surface area contributed by atoms with Gasteiger partial charge in [0.15, 0.2) is 0 Å². The Morgan fingerprint density at radius 1 is 1.35 bits per heavy atom. The van der Waals surface area contributed by atoms with Crippen LogP contribution in [0.2, 0.25) is 5.02 Å². The van der Waals surface area contributed by atoms with Crippen LogP contribution in [0.3, 0.4) is 0 Å². The van der Waals surface area contributed by atoms with Gasteiger partial charge in [-0.05, 0) is 56.2 Å². The van der Waals surface area contributed by atoms with Gasteiger partial charge in [-0.15, -0.1) is 0 Å². The van der Waals surface area contributed by atoms with E-state index in [0.29, 0.717) is 42.5 Å². The van der Waals surface area contributed by atoms with Gasteiger partial charge >= 0.3 is 0 Å². The molecule has 4 nitrogen and oxygen atoms in total. The number of carbonyl (C=O) groups excluding carboxylic acids is 1. The minimum Gasteiger partial charge on any atom is -0.491 e. The molecule has 2 fully saturated rings. The van der Waals surface area contributed by atoms with E-state index in [1.807, 2.05) is 17.0 Å². The summed E-state index contributed by atoms with van der Waals surface area (Å²) in [5.41, 5.74) is -0.878. The van der Waals surface area contributed by atoms with Crippen molar-refractivity contribution in [2.45, 2.75) is 44.1 Å². The largest absolute Gasteiger partial charge is 0.491 e. The maximum atomic E-state index is 12.2. The Hall–Kier alpha value is -1.26. The summed E-state index contributed by atoms with van der Waals surface area (Å²) >= 11 is 5.94. The third-order valence-electron chi connectivity index (χ3n) is 4.73. The normalized spacial score (nSPS) is 25.0. The first-order valence-electron chi connectivity index (χ1n) is 8.43. The Bertz CT molecular complexity index is 561. The average Bonchev–Trinajstić information content (AvgIpc) is 3.33. The lowest BCUT2D eigenvalue weighted by molar-refractivity contribution is -0.131. The van der Waals surface area contributed by atoms with Gasteiger partial charge in [-0.1, -0.05) is 17.7 Å². The molecule has 1 aliphatic carbocycles. The molecule has 0 radical (unpaired) electrons. The van der Waals surface area contributed by atoms with E-state index < -0.39 is 5.60 Å². The number of hydrogen-bond donors (Lipinski definition) is 1. The third-order valence-corrected chi connectivity index (χ3v) is 4.97.